The minimum Gasteiger partial charge on any atom is -0.444 e. The lowest BCUT2D eigenvalue weighted by Gasteiger charge is -2.33. The lowest BCUT2D eigenvalue weighted by atomic mass is 9.97. The number of esters is 2. The summed E-state index contributed by atoms with van der Waals surface area (Å²) >= 11 is 0. The monoisotopic (exact) mass is 459 g/mol. The molecule has 0 atom stereocenters. The molecule has 0 saturated carbocycles. The van der Waals surface area contributed by atoms with Crippen LogP contribution in [0.4, 0.5) is 16.2 Å². The number of anilines is 2. The molecular formula is C24H33N3O6. The van der Waals surface area contributed by atoms with Crippen molar-refractivity contribution in [3.8, 4) is 0 Å². The zero-order valence-corrected chi connectivity index (χ0v) is 19.9. The first kappa shape index (κ1) is 24.4. The van der Waals surface area contributed by atoms with Crippen molar-refractivity contribution in [1.29, 1.82) is 0 Å². The van der Waals surface area contributed by atoms with Gasteiger partial charge in [0.25, 0.3) is 5.79 Å². The summed E-state index contributed by atoms with van der Waals surface area (Å²) in [6.07, 6.45) is 2.79. The van der Waals surface area contributed by atoms with E-state index in [2.05, 4.69) is 10.6 Å². The summed E-state index contributed by atoms with van der Waals surface area (Å²) in [6, 6.07) is 7.51. The molecule has 2 saturated heterocycles. The van der Waals surface area contributed by atoms with E-state index < -0.39 is 23.3 Å². The maximum Gasteiger partial charge on any atom is 0.410 e. The fourth-order valence-corrected chi connectivity index (χ4v) is 3.59. The Bertz CT molecular complexity index is 904. The summed E-state index contributed by atoms with van der Waals surface area (Å²) in [5, 5.41) is 6.44. The highest BCUT2D eigenvalue weighted by molar-refractivity contribution is 6.15. The van der Waals surface area contributed by atoms with Gasteiger partial charge in [0.15, 0.2) is 5.57 Å². The molecule has 1 aromatic rings. The van der Waals surface area contributed by atoms with Gasteiger partial charge in [0.2, 0.25) is 0 Å². The van der Waals surface area contributed by atoms with Gasteiger partial charge in [0, 0.05) is 39.7 Å². The summed E-state index contributed by atoms with van der Waals surface area (Å²) in [5.74, 6) is -2.33. The molecule has 0 bridgehead atoms. The van der Waals surface area contributed by atoms with Gasteiger partial charge in [-0.25, -0.2) is 14.4 Å². The Morgan fingerprint density at radius 2 is 1.70 bits per heavy atom. The summed E-state index contributed by atoms with van der Waals surface area (Å²) < 4.78 is 15.7. The highest BCUT2D eigenvalue weighted by atomic mass is 16.7. The number of benzene rings is 1. The first-order valence-corrected chi connectivity index (χ1v) is 11.2. The zero-order chi connectivity index (χ0) is 24.2. The number of hydrogen-bond donors (Lipinski definition) is 2. The average molecular weight is 460 g/mol. The highest BCUT2D eigenvalue weighted by Crippen LogP contribution is 2.26. The molecule has 2 fully saturated rings. The minimum absolute atomic E-state index is 0.196. The van der Waals surface area contributed by atoms with E-state index in [4.69, 9.17) is 14.2 Å². The van der Waals surface area contributed by atoms with Crippen LogP contribution in [0.3, 0.4) is 0 Å². The van der Waals surface area contributed by atoms with Crippen LogP contribution in [-0.4, -0.2) is 54.0 Å². The second kappa shape index (κ2) is 9.72. The number of ether oxygens (including phenoxy) is 3. The Morgan fingerprint density at radius 3 is 2.27 bits per heavy atom. The number of carbonyl (C=O) groups is 3. The quantitative estimate of drug-likeness (QED) is 0.388. The molecule has 2 aliphatic rings. The van der Waals surface area contributed by atoms with Gasteiger partial charge in [-0.1, -0.05) is 12.1 Å². The van der Waals surface area contributed by atoms with E-state index in [0.717, 1.165) is 25.1 Å². The van der Waals surface area contributed by atoms with E-state index in [9.17, 15) is 14.4 Å². The summed E-state index contributed by atoms with van der Waals surface area (Å²) in [4.78, 5) is 38.2. The van der Waals surface area contributed by atoms with Crippen LogP contribution in [0.5, 0.6) is 0 Å². The second-order valence-electron chi connectivity index (χ2n) is 9.72. The molecule has 3 rings (SSSR count). The molecule has 1 amide bonds. The van der Waals surface area contributed by atoms with Crippen LogP contribution in [0.15, 0.2) is 36.0 Å². The van der Waals surface area contributed by atoms with E-state index in [-0.39, 0.29) is 11.7 Å². The largest absolute Gasteiger partial charge is 0.444 e. The van der Waals surface area contributed by atoms with Gasteiger partial charge < -0.3 is 29.7 Å². The number of carbonyl (C=O) groups excluding carboxylic acids is 3. The lowest BCUT2D eigenvalue weighted by molar-refractivity contribution is -0.222. The highest BCUT2D eigenvalue weighted by Gasteiger charge is 2.39. The normalized spacial score (nSPS) is 18.8. The Hall–Kier alpha value is -3.23. The summed E-state index contributed by atoms with van der Waals surface area (Å²) in [6.45, 7) is 10.7. The topological polar surface area (TPSA) is 106 Å². The van der Waals surface area contributed by atoms with Gasteiger partial charge in [0.05, 0.1) is 11.4 Å². The van der Waals surface area contributed by atoms with Gasteiger partial charge in [-0.2, -0.15) is 0 Å². The molecule has 0 spiro atoms. The van der Waals surface area contributed by atoms with E-state index in [1.165, 1.54) is 20.0 Å². The van der Waals surface area contributed by atoms with Crippen LogP contribution >= 0.6 is 0 Å². The number of rotatable bonds is 5. The Labute approximate surface area is 194 Å². The molecule has 9 nitrogen and oxygen atoms in total. The molecule has 2 N–H and O–H groups in total. The third kappa shape index (κ3) is 6.87. The SMILES string of the molecule is CC(C)(C)OC(=O)N1CCC(CNc2ccccc2NC=C2C(=O)OC(C)(C)OC2=O)CC1. The number of cyclic esters (lactones) is 2. The zero-order valence-electron chi connectivity index (χ0n) is 19.9. The predicted octanol–water partition coefficient (Wildman–Crippen LogP) is 3.88. The number of piperidine rings is 1. The van der Waals surface area contributed by atoms with Crippen LogP contribution in [0.2, 0.25) is 0 Å². The Morgan fingerprint density at radius 1 is 1.12 bits per heavy atom. The number of para-hydroxylation sites is 2. The number of hydrogen-bond acceptors (Lipinski definition) is 8. The Kier molecular flexibility index (Phi) is 7.19. The first-order valence-electron chi connectivity index (χ1n) is 11.2. The van der Waals surface area contributed by atoms with Crippen molar-refractivity contribution in [2.75, 3.05) is 30.3 Å². The maximum absolute atomic E-state index is 12.2. The summed E-state index contributed by atoms with van der Waals surface area (Å²) in [7, 11) is 0. The smallest absolute Gasteiger partial charge is 0.410 e. The van der Waals surface area contributed by atoms with E-state index in [1.807, 2.05) is 45.0 Å². The molecule has 9 heteroatoms. The van der Waals surface area contributed by atoms with Crippen LogP contribution in [-0.2, 0) is 23.8 Å². The van der Waals surface area contributed by atoms with Gasteiger partial charge in [0.1, 0.15) is 5.60 Å². The fraction of sp³-hybridized carbons (Fsp3) is 0.542. The molecule has 0 unspecified atom stereocenters. The number of amides is 1. The second-order valence-corrected chi connectivity index (χ2v) is 9.72. The van der Waals surface area contributed by atoms with Crippen LogP contribution in [0.25, 0.3) is 0 Å². The van der Waals surface area contributed by atoms with Crippen molar-refractivity contribution in [1.82, 2.24) is 4.90 Å². The third-order valence-corrected chi connectivity index (χ3v) is 5.26. The summed E-state index contributed by atoms with van der Waals surface area (Å²) in [5.41, 5.74) is 0.852. The van der Waals surface area contributed by atoms with Gasteiger partial charge in [-0.05, 0) is 51.7 Å². The molecule has 33 heavy (non-hydrogen) atoms. The van der Waals surface area contributed by atoms with Crippen molar-refractivity contribution in [3.05, 3.63) is 36.0 Å². The maximum atomic E-state index is 12.2. The molecule has 0 aliphatic carbocycles. The fourth-order valence-electron chi connectivity index (χ4n) is 3.59. The minimum atomic E-state index is -1.27. The van der Waals surface area contributed by atoms with Crippen molar-refractivity contribution in [2.24, 2.45) is 5.92 Å². The van der Waals surface area contributed by atoms with Gasteiger partial charge >= 0.3 is 18.0 Å². The van der Waals surface area contributed by atoms with Crippen LogP contribution < -0.4 is 10.6 Å². The number of likely N-dealkylation sites (tertiary alicyclic amines) is 1. The van der Waals surface area contributed by atoms with E-state index in [1.54, 1.807) is 4.90 Å². The van der Waals surface area contributed by atoms with E-state index >= 15 is 0 Å². The molecule has 180 valence electrons. The lowest BCUT2D eigenvalue weighted by Crippen LogP contribution is -2.42. The van der Waals surface area contributed by atoms with Crippen molar-refractivity contribution in [2.45, 2.75) is 58.8 Å². The van der Waals surface area contributed by atoms with E-state index in [0.29, 0.717) is 24.7 Å². The van der Waals surface area contributed by atoms with Crippen LogP contribution in [0.1, 0.15) is 47.5 Å². The molecule has 1 aromatic carbocycles. The number of nitrogens with zero attached hydrogens (tertiary/aromatic N) is 1. The van der Waals surface area contributed by atoms with Gasteiger partial charge in [-0.15, -0.1) is 0 Å². The number of nitrogens with one attached hydrogen (secondary N) is 2. The molecule has 0 radical (unpaired) electrons. The predicted molar refractivity (Wildman–Crippen MR) is 123 cm³/mol. The molecular weight excluding hydrogens is 426 g/mol. The molecule has 0 aromatic heterocycles. The van der Waals surface area contributed by atoms with Crippen molar-refractivity contribution < 1.29 is 28.6 Å². The van der Waals surface area contributed by atoms with Gasteiger partial charge in [-0.3, -0.25) is 0 Å². The van der Waals surface area contributed by atoms with Crippen LogP contribution in [0, 0.1) is 5.92 Å². The Balaban J connectivity index is 1.54. The standard InChI is InChI=1S/C24H33N3O6/c1-23(2,3)33-22(30)27-12-10-16(11-13-27)14-25-18-8-6-7-9-19(18)26-15-17-20(28)31-24(4,5)32-21(17)29/h6-9,15-16,25-26H,10-14H2,1-5H3. The van der Waals surface area contributed by atoms with Crippen molar-refractivity contribution in [3.63, 3.8) is 0 Å². The first-order chi connectivity index (χ1) is 15.4. The molecule has 2 aliphatic heterocycles. The average Bonchev–Trinajstić information content (AvgIpc) is 2.70. The van der Waals surface area contributed by atoms with Crippen molar-refractivity contribution >= 4 is 29.4 Å². The molecule has 2 heterocycles. The third-order valence-electron chi connectivity index (χ3n) is 5.26.